The highest BCUT2D eigenvalue weighted by molar-refractivity contribution is 5.77. The van der Waals surface area contributed by atoms with E-state index in [2.05, 4.69) is 11.2 Å². The van der Waals surface area contributed by atoms with Crippen LogP contribution in [0.15, 0.2) is 0 Å². The van der Waals surface area contributed by atoms with Gasteiger partial charge in [0.05, 0.1) is 6.04 Å². The molecule has 0 saturated heterocycles. The molecule has 74 valence electrons. The Morgan fingerprint density at radius 3 is 2.54 bits per heavy atom. The van der Waals surface area contributed by atoms with Gasteiger partial charge < -0.3 is 11.1 Å². The van der Waals surface area contributed by atoms with Crippen LogP contribution in [0.4, 0.5) is 0 Å². The average molecular weight is 182 g/mol. The van der Waals surface area contributed by atoms with Crippen molar-refractivity contribution < 1.29 is 4.79 Å². The summed E-state index contributed by atoms with van der Waals surface area (Å²) < 4.78 is 0. The molecule has 0 aromatic rings. The lowest BCUT2D eigenvalue weighted by molar-refractivity contribution is -0.121. The number of hydrogen-bond acceptors (Lipinski definition) is 2. The third kappa shape index (κ3) is 5.26. The molecule has 0 aliphatic heterocycles. The summed E-state index contributed by atoms with van der Waals surface area (Å²) in [4.78, 5) is 11.3. The van der Waals surface area contributed by atoms with Crippen molar-refractivity contribution in [2.45, 2.75) is 45.2 Å². The second-order valence-electron chi connectivity index (χ2n) is 3.07. The summed E-state index contributed by atoms with van der Waals surface area (Å²) in [6.07, 6.45) is 7.11. The van der Waals surface area contributed by atoms with Crippen molar-refractivity contribution in [3.8, 4) is 12.3 Å². The molecule has 0 aromatic heterocycles. The number of hydrogen-bond donors (Lipinski definition) is 2. The Bertz CT molecular complexity index is 196. The largest absolute Gasteiger partial charge is 0.342 e. The molecule has 0 aliphatic carbocycles. The minimum absolute atomic E-state index is 0.0563. The highest BCUT2D eigenvalue weighted by atomic mass is 16.1. The first kappa shape index (κ1) is 12.0. The maximum Gasteiger partial charge on any atom is 0.222 e. The molecule has 0 aromatic carbocycles. The molecule has 1 amide bonds. The molecule has 0 bridgehead atoms. The monoisotopic (exact) mass is 182 g/mol. The number of terminal acetylenes is 1. The summed E-state index contributed by atoms with van der Waals surface area (Å²) in [5.74, 6) is 2.44. The molecule has 2 atom stereocenters. The van der Waals surface area contributed by atoms with Crippen molar-refractivity contribution in [2.75, 3.05) is 0 Å². The fourth-order valence-electron chi connectivity index (χ4n) is 0.897. The smallest absolute Gasteiger partial charge is 0.222 e. The quantitative estimate of drug-likeness (QED) is 0.613. The lowest BCUT2D eigenvalue weighted by Gasteiger charge is -2.12. The topological polar surface area (TPSA) is 55.1 Å². The van der Waals surface area contributed by atoms with Gasteiger partial charge in [-0.3, -0.25) is 4.79 Å². The van der Waals surface area contributed by atoms with Crippen molar-refractivity contribution in [2.24, 2.45) is 5.73 Å². The molecule has 0 fully saturated rings. The van der Waals surface area contributed by atoms with Crippen LogP contribution >= 0.6 is 0 Å². The number of nitrogens with two attached hydrogens (primary N) is 1. The Hall–Kier alpha value is -1.01. The van der Waals surface area contributed by atoms with Crippen molar-refractivity contribution in [1.82, 2.24) is 5.32 Å². The first-order chi connectivity index (χ1) is 6.13. The third-order valence-electron chi connectivity index (χ3n) is 1.92. The van der Waals surface area contributed by atoms with E-state index in [0.717, 1.165) is 12.8 Å². The van der Waals surface area contributed by atoms with E-state index in [-0.39, 0.29) is 18.0 Å². The summed E-state index contributed by atoms with van der Waals surface area (Å²) in [6, 6.07) is -0.216. The molecule has 3 N–H and O–H groups in total. The normalized spacial score (nSPS) is 14.3. The number of amides is 1. The molecule has 0 radical (unpaired) electrons. The molecule has 0 rings (SSSR count). The molecule has 0 heterocycles. The molecule has 13 heavy (non-hydrogen) atoms. The van der Waals surface area contributed by atoms with Crippen LogP contribution in [0, 0.1) is 12.3 Å². The van der Waals surface area contributed by atoms with Gasteiger partial charge in [0.25, 0.3) is 0 Å². The standard InChI is InChI=1S/C10H18N2O/c1-4-8(11)7-10(13)12-9(5-2)6-3/h2,8-9H,4,6-7,11H2,1,3H3,(H,12,13). The van der Waals surface area contributed by atoms with E-state index in [1.54, 1.807) is 0 Å². The van der Waals surface area contributed by atoms with Crippen molar-refractivity contribution in [3.05, 3.63) is 0 Å². The van der Waals surface area contributed by atoms with Gasteiger partial charge in [0, 0.05) is 12.5 Å². The van der Waals surface area contributed by atoms with Gasteiger partial charge in [-0.2, -0.15) is 0 Å². The zero-order valence-corrected chi connectivity index (χ0v) is 8.34. The van der Waals surface area contributed by atoms with E-state index >= 15 is 0 Å². The van der Waals surface area contributed by atoms with Gasteiger partial charge in [0.1, 0.15) is 0 Å². The molecule has 0 spiro atoms. The fourth-order valence-corrected chi connectivity index (χ4v) is 0.897. The van der Waals surface area contributed by atoms with Crippen LogP contribution in [0.5, 0.6) is 0 Å². The molecule has 0 saturated carbocycles. The first-order valence-corrected chi connectivity index (χ1v) is 4.65. The predicted octanol–water partition coefficient (Wildman–Crippen LogP) is 0.642. The van der Waals surface area contributed by atoms with Gasteiger partial charge in [0.15, 0.2) is 0 Å². The van der Waals surface area contributed by atoms with E-state index in [1.807, 2.05) is 13.8 Å². The molecule has 3 nitrogen and oxygen atoms in total. The van der Waals surface area contributed by atoms with Gasteiger partial charge in [-0.1, -0.05) is 19.8 Å². The Kier molecular flexibility index (Phi) is 5.99. The Morgan fingerprint density at radius 1 is 1.54 bits per heavy atom. The first-order valence-electron chi connectivity index (χ1n) is 4.65. The van der Waals surface area contributed by atoms with Crippen LogP contribution in [-0.4, -0.2) is 18.0 Å². The summed E-state index contributed by atoms with van der Waals surface area (Å²) in [7, 11) is 0. The van der Waals surface area contributed by atoms with Gasteiger partial charge in [-0.25, -0.2) is 0 Å². The predicted molar refractivity (Wildman–Crippen MR) is 53.9 cm³/mol. The zero-order chi connectivity index (χ0) is 10.3. The summed E-state index contributed by atoms with van der Waals surface area (Å²) in [5, 5.41) is 2.73. The minimum atomic E-state index is -0.156. The van der Waals surface area contributed by atoms with E-state index < -0.39 is 0 Å². The van der Waals surface area contributed by atoms with Crippen molar-refractivity contribution in [1.29, 1.82) is 0 Å². The van der Waals surface area contributed by atoms with Crippen LogP contribution in [0.1, 0.15) is 33.1 Å². The minimum Gasteiger partial charge on any atom is -0.342 e. The van der Waals surface area contributed by atoms with Gasteiger partial charge in [-0.15, -0.1) is 6.42 Å². The Labute approximate surface area is 80.1 Å². The maximum atomic E-state index is 11.3. The van der Waals surface area contributed by atoms with Crippen LogP contribution in [0.2, 0.25) is 0 Å². The number of carbonyl (C=O) groups is 1. The number of carbonyl (C=O) groups excluding carboxylic acids is 1. The number of rotatable bonds is 5. The lowest BCUT2D eigenvalue weighted by atomic mass is 10.1. The van der Waals surface area contributed by atoms with Gasteiger partial charge in [0.2, 0.25) is 5.91 Å². The van der Waals surface area contributed by atoms with Crippen LogP contribution in [-0.2, 0) is 4.79 Å². The summed E-state index contributed by atoms with van der Waals surface area (Å²) in [6.45, 7) is 3.89. The lowest BCUT2D eigenvalue weighted by Crippen LogP contribution is -2.37. The van der Waals surface area contributed by atoms with E-state index in [0.29, 0.717) is 6.42 Å². The highest BCUT2D eigenvalue weighted by Crippen LogP contribution is 1.95. The zero-order valence-electron chi connectivity index (χ0n) is 8.34. The Balaban J connectivity index is 3.80. The molecular formula is C10H18N2O. The van der Waals surface area contributed by atoms with E-state index in [9.17, 15) is 4.79 Å². The van der Waals surface area contributed by atoms with Crippen LogP contribution < -0.4 is 11.1 Å². The summed E-state index contributed by atoms with van der Waals surface area (Å²) in [5.41, 5.74) is 5.62. The van der Waals surface area contributed by atoms with Gasteiger partial charge >= 0.3 is 0 Å². The second-order valence-corrected chi connectivity index (χ2v) is 3.07. The second kappa shape index (κ2) is 6.50. The van der Waals surface area contributed by atoms with Gasteiger partial charge in [-0.05, 0) is 12.8 Å². The van der Waals surface area contributed by atoms with Crippen molar-refractivity contribution in [3.63, 3.8) is 0 Å². The Morgan fingerprint density at radius 2 is 2.15 bits per heavy atom. The van der Waals surface area contributed by atoms with Crippen molar-refractivity contribution >= 4 is 5.91 Å². The fraction of sp³-hybridized carbons (Fsp3) is 0.700. The summed E-state index contributed by atoms with van der Waals surface area (Å²) >= 11 is 0. The molecular weight excluding hydrogens is 164 g/mol. The van der Waals surface area contributed by atoms with E-state index in [1.165, 1.54) is 0 Å². The van der Waals surface area contributed by atoms with E-state index in [4.69, 9.17) is 12.2 Å². The van der Waals surface area contributed by atoms with Crippen LogP contribution in [0.25, 0.3) is 0 Å². The maximum absolute atomic E-state index is 11.3. The SMILES string of the molecule is C#CC(CC)NC(=O)CC(N)CC. The van der Waals surface area contributed by atoms with Crippen LogP contribution in [0.3, 0.4) is 0 Å². The molecule has 2 unspecified atom stereocenters. The molecule has 0 aliphatic rings. The highest BCUT2D eigenvalue weighted by Gasteiger charge is 2.10. The average Bonchev–Trinajstić information content (AvgIpc) is 2.13. The molecule has 3 heteroatoms. The number of nitrogens with one attached hydrogen (secondary N) is 1. The third-order valence-corrected chi connectivity index (χ3v) is 1.92.